The van der Waals surface area contributed by atoms with Gasteiger partial charge in [0.15, 0.2) is 5.76 Å². The lowest BCUT2D eigenvalue weighted by Crippen LogP contribution is -2.02. The first kappa shape index (κ1) is 9.08. The van der Waals surface area contributed by atoms with Crippen molar-refractivity contribution in [1.29, 1.82) is 0 Å². The van der Waals surface area contributed by atoms with Crippen molar-refractivity contribution in [3.05, 3.63) is 28.0 Å². The number of nitrogens with zero attached hydrogens (tertiary/aromatic N) is 4. The molecule has 0 aromatic carbocycles. The van der Waals surface area contributed by atoms with Crippen LogP contribution in [-0.2, 0) is 11.3 Å². The van der Waals surface area contributed by atoms with E-state index in [-0.39, 0.29) is 17.9 Å². The maximum atomic E-state index is 11.0. The molecule has 0 radical (unpaired) electrons. The summed E-state index contributed by atoms with van der Waals surface area (Å²) in [6.07, 6.45) is 1.22. The average molecular weight is 182 g/mol. The number of rotatable bonds is 3. The van der Waals surface area contributed by atoms with E-state index in [9.17, 15) is 4.79 Å². The Kier molecular flexibility index (Phi) is 2.88. The fourth-order valence-corrected chi connectivity index (χ4v) is 0.750. The number of aromatic nitrogens is 1. The Morgan fingerprint density at radius 1 is 1.92 bits per heavy atom. The molecule has 1 aromatic heterocycles. The second-order valence-electron chi connectivity index (χ2n) is 2.04. The highest BCUT2D eigenvalue weighted by Gasteiger charge is 2.15. The maximum absolute atomic E-state index is 11.0. The predicted molar refractivity (Wildman–Crippen MR) is 40.7 cm³/mol. The van der Waals surface area contributed by atoms with Crippen LogP contribution in [0, 0.1) is 0 Å². The number of hydrogen-bond donors (Lipinski definition) is 0. The summed E-state index contributed by atoms with van der Waals surface area (Å²) in [7, 11) is 1.24. The number of azide groups is 1. The van der Waals surface area contributed by atoms with Gasteiger partial charge in [0.25, 0.3) is 0 Å². The van der Waals surface area contributed by atoms with Crippen LogP contribution in [0.1, 0.15) is 16.1 Å². The van der Waals surface area contributed by atoms with Gasteiger partial charge in [-0.2, -0.15) is 0 Å². The summed E-state index contributed by atoms with van der Waals surface area (Å²) in [5, 5.41) is 6.62. The van der Waals surface area contributed by atoms with Gasteiger partial charge >= 0.3 is 5.97 Å². The lowest BCUT2D eigenvalue weighted by atomic mass is 10.2. The zero-order valence-electron chi connectivity index (χ0n) is 6.80. The molecule has 1 heterocycles. The van der Waals surface area contributed by atoms with Gasteiger partial charge in [0.1, 0.15) is 5.56 Å². The summed E-state index contributed by atoms with van der Waals surface area (Å²) in [5.41, 5.74) is 8.21. The Morgan fingerprint density at radius 2 is 2.69 bits per heavy atom. The molecule has 0 bridgehead atoms. The molecule has 13 heavy (non-hydrogen) atoms. The van der Waals surface area contributed by atoms with E-state index < -0.39 is 5.97 Å². The second kappa shape index (κ2) is 4.13. The van der Waals surface area contributed by atoms with Gasteiger partial charge in [0, 0.05) is 4.91 Å². The van der Waals surface area contributed by atoms with Crippen LogP contribution < -0.4 is 0 Å². The highest BCUT2D eigenvalue weighted by molar-refractivity contribution is 5.89. The summed E-state index contributed by atoms with van der Waals surface area (Å²) in [6.45, 7) is -0.0546. The number of methoxy groups -OCH3 is 1. The van der Waals surface area contributed by atoms with Crippen LogP contribution in [-0.4, -0.2) is 18.2 Å². The molecule has 68 valence electrons. The molecular formula is C6H6N4O3. The number of ether oxygens (including phenoxy) is 1. The average Bonchev–Trinajstić information content (AvgIpc) is 2.61. The molecule has 0 N–H and O–H groups in total. The molecule has 7 nitrogen and oxygen atoms in total. The van der Waals surface area contributed by atoms with Crippen LogP contribution >= 0.6 is 0 Å². The first-order valence-electron chi connectivity index (χ1n) is 3.32. The van der Waals surface area contributed by atoms with Crippen molar-refractivity contribution in [2.45, 2.75) is 6.54 Å². The predicted octanol–water partition coefficient (Wildman–Crippen LogP) is 1.27. The van der Waals surface area contributed by atoms with Crippen molar-refractivity contribution in [2.24, 2.45) is 5.11 Å². The number of esters is 1. The maximum Gasteiger partial charge on any atom is 0.343 e. The Bertz CT molecular complexity index is 353. The van der Waals surface area contributed by atoms with Crippen LogP contribution in [0.15, 0.2) is 15.8 Å². The molecule has 0 aliphatic rings. The third-order valence-corrected chi connectivity index (χ3v) is 1.33. The van der Waals surface area contributed by atoms with E-state index in [1.807, 2.05) is 0 Å². The highest BCUT2D eigenvalue weighted by Crippen LogP contribution is 2.10. The third-order valence-electron chi connectivity index (χ3n) is 1.33. The summed E-state index contributed by atoms with van der Waals surface area (Å²) >= 11 is 0. The van der Waals surface area contributed by atoms with E-state index in [0.29, 0.717) is 0 Å². The van der Waals surface area contributed by atoms with Gasteiger partial charge in [-0.15, -0.1) is 0 Å². The van der Waals surface area contributed by atoms with Gasteiger partial charge in [0.2, 0.25) is 0 Å². The van der Waals surface area contributed by atoms with Gasteiger partial charge < -0.3 is 9.26 Å². The van der Waals surface area contributed by atoms with E-state index >= 15 is 0 Å². The summed E-state index contributed by atoms with van der Waals surface area (Å²) < 4.78 is 9.12. The summed E-state index contributed by atoms with van der Waals surface area (Å²) in [5.74, 6) is -0.367. The standard InChI is InChI=1S/C6H6N4O3/c1-12-6(11)4-2-9-13-5(4)3-8-10-7/h2H,3H2,1H3. The smallest absolute Gasteiger partial charge is 0.343 e. The van der Waals surface area contributed by atoms with Crippen molar-refractivity contribution >= 4 is 5.97 Å². The fourth-order valence-electron chi connectivity index (χ4n) is 0.750. The Balaban J connectivity index is 2.88. The third kappa shape index (κ3) is 1.97. The SMILES string of the molecule is COC(=O)c1cnoc1CN=[N+]=[N-]. The highest BCUT2D eigenvalue weighted by atomic mass is 16.5. The van der Waals surface area contributed by atoms with Gasteiger partial charge in [-0.25, -0.2) is 4.79 Å². The molecule has 0 aliphatic heterocycles. The molecule has 1 rings (SSSR count). The van der Waals surface area contributed by atoms with Crippen molar-refractivity contribution in [1.82, 2.24) is 5.16 Å². The zero-order chi connectivity index (χ0) is 9.68. The Morgan fingerprint density at radius 3 is 3.31 bits per heavy atom. The first-order valence-corrected chi connectivity index (χ1v) is 3.32. The first-order chi connectivity index (χ1) is 6.29. The van der Waals surface area contributed by atoms with E-state index in [0.717, 1.165) is 0 Å². The van der Waals surface area contributed by atoms with E-state index in [1.54, 1.807) is 0 Å². The number of hydrogen-bond acceptors (Lipinski definition) is 5. The van der Waals surface area contributed by atoms with Crippen LogP contribution in [0.5, 0.6) is 0 Å². The zero-order valence-corrected chi connectivity index (χ0v) is 6.80. The molecule has 0 atom stereocenters. The Hall–Kier alpha value is -2.01. The van der Waals surface area contributed by atoms with Gasteiger partial charge in [-0.05, 0) is 5.53 Å². The van der Waals surface area contributed by atoms with Crippen LogP contribution in [0.2, 0.25) is 0 Å². The quantitative estimate of drug-likeness (QED) is 0.304. The lowest BCUT2D eigenvalue weighted by Gasteiger charge is -1.94. The molecule has 0 unspecified atom stereocenters. The second-order valence-corrected chi connectivity index (χ2v) is 2.04. The van der Waals surface area contributed by atoms with E-state index in [2.05, 4.69) is 24.4 Å². The molecule has 7 heteroatoms. The van der Waals surface area contributed by atoms with E-state index in [4.69, 9.17) is 5.53 Å². The topological polar surface area (TPSA) is 101 Å². The molecule has 0 amide bonds. The van der Waals surface area contributed by atoms with Crippen molar-refractivity contribution < 1.29 is 14.1 Å². The van der Waals surface area contributed by atoms with Crippen molar-refractivity contribution in [2.75, 3.05) is 7.11 Å². The molecule has 0 aliphatic carbocycles. The van der Waals surface area contributed by atoms with Crippen molar-refractivity contribution in [3.63, 3.8) is 0 Å². The summed E-state index contributed by atoms with van der Waals surface area (Å²) in [4.78, 5) is 13.5. The minimum absolute atomic E-state index is 0.0546. The van der Waals surface area contributed by atoms with Gasteiger partial charge in [-0.1, -0.05) is 10.3 Å². The minimum Gasteiger partial charge on any atom is -0.465 e. The largest absolute Gasteiger partial charge is 0.465 e. The summed E-state index contributed by atoms with van der Waals surface area (Å²) in [6, 6.07) is 0. The number of carbonyl (C=O) groups excluding carboxylic acids is 1. The Labute approximate surface area is 72.9 Å². The normalized spacial score (nSPS) is 9.00. The molecule has 0 saturated carbocycles. The molecule has 0 spiro atoms. The molecule has 0 saturated heterocycles. The molecular weight excluding hydrogens is 176 g/mol. The minimum atomic E-state index is -0.565. The monoisotopic (exact) mass is 182 g/mol. The fraction of sp³-hybridized carbons (Fsp3) is 0.333. The van der Waals surface area contributed by atoms with Crippen LogP contribution in [0.3, 0.4) is 0 Å². The lowest BCUT2D eigenvalue weighted by molar-refractivity contribution is 0.0598. The van der Waals surface area contributed by atoms with Gasteiger partial charge in [0.05, 0.1) is 19.9 Å². The molecule has 1 aromatic rings. The molecule has 0 fully saturated rings. The van der Waals surface area contributed by atoms with Crippen LogP contribution in [0.4, 0.5) is 0 Å². The van der Waals surface area contributed by atoms with Gasteiger partial charge in [-0.3, -0.25) is 0 Å². The van der Waals surface area contributed by atoms with Crippen LogP contribution in [0.25, 0.3) is 10.4 Å². The van der Waals surface area contributed by atoms with Crippen molar-refractivity contribution in [3.8, 4) is 0 Å². The van der Waals surface area contributed by atoms with E-state index in [1.165, 1.54) is 13.3 Å². The number of carbonyl (C=O) groups is 1.